The van der Waals surface area contributed by atoms with Crippen molar-refractivity contribution < 1.29 is 9.90 Å². The second-order valence-electron chi connectivity index (χ2n) is 5.27. The number of hydrogen-bond donors (Lipinski definition) is 2. The van der Waals surface area contributed by atoms with Crippen LogP contribution in [0.2, 0.25) is 0 Å². The normalized spacial score (nSPS) is 24.7. The lowest BCUT2D eigenvalue weighted by Crippen LogP contribution is -2.41. The van der Waals surface area contributed by atoms with Crippen LogP contribution >= 0.6 is 11.8 Å². The van der Waals surface area contributed by atoms with Gasteiger partial charge in [0, 0.05) is 17.1 Å². The Hall–Kier alpha value is -1.00. The van der Waals surface area contributed by atoms with Crippen LogP contribution in [0.3, 0.4) is 0 Å². The van der Waals surface area contributed by atoms with Crippen molar-refractivity contribution in [3.05, 3.63) is 28.8 Å². The molecule has 2 atom stereocenters. The van der Waals surface area contributed by atoms with E-state index in [2.05, 4.69) is 17.4 Å². The Kier molecular flexibility index (Phi) is 3.54. The number of nitrogens with one attached hydrogen (secondary N) is 1. The second kappa shape index (κ2) is 5.17. The minimum Gasteiger partial charge on any atom is -0.386 e. The molecule has 1 aliphatic carbocycles. The molecular formula is C15H19NO2S. The number of aliphatic hydroxyl groups is 1. The maximum absolute atomic E-state index is 11.5. The lowest BCUT2D eigenvalue weighted by Gasteiger charge is -2.31. The Morgan fingerprint density at radius 1 is 1.42 bits per heavy atom. The molecule has 1 aromatic rings. The Labute approximate surface area is 117 Å². The summed E-state index contributed by atoms with van der Waals surface area (Å²) in [5, 5.41) is 13.4. The number of carbonyl (C=O) groups is 1. The number of benzene rings is 1. The highest BCUT2D eigenvalue weighted by Crippen LogP contribution is 2.38. The van der Waals surface area contributed by atoms with Gasteiger partial charge in [0.15, 0.2) is 0 Å². The van der Waals surface area contributed by atoms with Gasteiger partial charge in [-0.25, -0.2) is 0 Å². The number of carbonyl (C=O) groups excluding carboxylic acids is 1. The van der Waals surface area contributed by atoms with Crippen molar-refractivity contribution in [2.45, 2.75) is 49.6 Å². The van der Waals surface area contributed by atoms with Crippen molar-refractivity contribution in [3.8, 4) is 0 Å². The van der Waals surface area contributed by atoms with Gasteiger partial charge in [-0.05, 0) is 42.0 Å². The summed E-state index contributed by atoms with van der Waals surface area (Å²) in [7, 11) is 0. The van der Waals surface area contributed by atoms with E-state index >= 15 is 0 Å². The first-order valence-electron chi connectivity index (χ1n) is 6.95. The van der Waals surface area contributed by atoms with Gasteiger partial charge in [0.05, 0.1) is 12.1 Å². The van der Waals surface area contributed by atoms with E-state index in [9.17, 15) is 9.90 Å². The van der Waals surface area contributed by atoms with Crippen LogP contribution in [0.5, 0.6) is 0 Å². The predicted molar refractivity (Wildman–Crippen MR) is 76.4 cm³/mol. The van der Waals surface area contributed by atoms with Crippen LogP contribution in [0.25, 0.3) is 0 Å². The van der Waals surface area contributed by atoms with E-state index in [-0.39, 0.29) is 11.9 Å². The Bertz CT molecular complexity index is 515. The molecule has 4 heteroatoms. The number of hydrogen-bond acceptors (Lipinski definition) is 3. The van der Waals surface area contributed by atoms with Crippen molar-refractivity contribution in [2.24, 2.45) is 0 Å². The van der Waals surface area contributed by atoms with E-state index in [1.54, 1.807) is 0 Å². The summed E-state index contributed by atoms with van der Waals surface area (Å²) in [5.74, 6) is 1.16. The van der Waals surface area contributed by atoms with E-state index < -0.39 is 6.10 Å². The smallest absolute Gasteiger partial charge is 0.220 e. The largest absolute Gasteiger partial charge is 0.386 e. The molecule has 0 saturated heterocycles. The molecule has 0 unspecified atom stereocenters. The summed E-state index contributed by atoms with van der Waals surface area (Å²) in [5.41, 5.74) is 3.70. The molecule has 1 heterocycles. The Balaban J connectivity index is 1.86. The first-order chi connectivity index (χ1) is 9.19. The van der Waals surface area contributed by atoms with Gasteiger partial charge < -0.3 is 10.4 Å². The van der Waals surface area contributed by atoms with Gasteiger partial charge in [-0.3, -0.25) is 4.79 Å². The maximum atomic E-state index is 11.5. The van der Waals surface area contributed by atoms with E-state index in [1.165, 1.54) is 16.0 Å². The SMILES string of the molecule is CCC(=O)N[C@H]1CCc2cc3c(cc2[C@@H]1O)SCC3. The first-order valence-corrected chi connectivity index (χ1v) is 7.93. The third-order valence-electron chi connectivity index (χ3n) is 4.04. The highest BCUT2D eigenvalue weighted by Gasteiger charge is 2.30. The van der Waals surface area contributed by atoms with Crippen LogP contribution in [0, 0.1) is 0 Å². The summed E-state index contributed by atoms with van der Waals surface area (Å²) in [6.45, 7) is 1.84. The molecule has 1 aliphatic heterocycles. The summed E-state index contributed by atoms with van der Waals surface area (Å²) in [6.07, 6.45) is 2.81. The molecule has 0 aromatic heterocycles. The fourth-order valence-corrected chi connectivity index (χ4v) is 4.03. The van der Waals surface area contributed by atoms with E-state index in [0.717, 1.165) is 30.6 Å². The topological polar surface area (TPSA) is 49.3 Å². The number of aliphatic hydroxyl groups excluding tert-OH is 1. The molecule has 2 aliphatic rings. The number of rotatable bonds is 2. The van der Waals surface area contributed by atoms with Gasteiger partial charge in [-0.2, -0.15) is 0 Å². The average Bonchev–Trinajstić information content (AvgIpc) is 2.87. The van der Waals surface area contributed by atoms with Gasteiger partial charge in [-0.1, -0.05) is 13.0 Å². The number of amides is 1. The molecule has 3 nitrogen and oxygen atoms in total. The molecule has 1 amide bonds. The lowest BCUT2D eigenvalue weighted by molar-refractivity contribution is -0.122. The molecule has 19 heavy (non-hydrogen) atoms. The van der Waals surface area contributed by atoms with Crippen LogP contribution in [0.4, 0.5) is 0 Å². The number of fused-ring (bicyclic) bond motifs is 2. The zero-order valence-electron chi connectivity index (χ0n) is 11.1. The molecule has 0 saturated carbocycles. The fraction of sp³-hybridized carbons (Fsp3) is 0.533. The monoisotopic (exact) mass is 277 g/mol. The fourth-order valence-electron chi connectivity index (χ4n) is 2.93. The molecule has 3 rings (SSSR count). The van der Waals surface area contributed by atoms with E-state index in [0.29, 0.717) is 6.42 Å². The Morgan fingerprint density at radius 3 is 3.05 bits per heavy atom. The van der Waals surface area contributed by atoms with Crippen LogP contribution in [0.1, 0.15) is 42.6 Å². The molecular weight excluding hydrogens is 258 g/mol. The van der Waals surface area contributed by atoms with Crippen LogP contribution in [-0.4, -0.2) is 22.8 Å². The first kappa shape index (κ1) is 13.0. The quantitative estimate of drug-likeness (QED) is 0.871. The minimum absolute atomic E-state index is 0.0167. The number of aryl methyl sites for hydroxylation is 2. The maximum Gasteiger partial charge on any atom is 0.220 e. The zero-order chi connectivity index (χ0) is 13.4. The van der Waals surface area contributed by atoms with Crippen LogP contribution in [0.15, 0.2) is 17.0 Å². The summed E-state index contributed by atoms with van der Waals surface area (Å²) in [4.78, 5) is 12.8. The third-order valence-corrected chi connectivity index (χ3v) is 5.14. The van der Waals surface area contributed by atoms with Crippen LogP contribution < -0.4 is 5.32 Å². The number of thioether (sulfide) groups is 1. The van der Waals surface area contributed by atoms with Gasteiger partial charge in [0.25, 0.3) is 0 Å². The highest BCUT2D eigenvalue weighted by atomic mass is 32.2. The molecule has 0 spiro atoms. The van der Waals surface area contributed by atoms with Crippen molar-refractivity contribution in [3.63, 3.8) is 0 Å². The van der Waals surface area contributed by atoms with Crippen LogP contribution in [-0.2, 0) is 17.6 Å². The third kappa shape index (κ3) is 2.39. The van der Waals surface area contributed by atoms with Gasteiger partial charge in [-0.15, -0.1) is 11.8 Å². The van der Waals surface area contributed by atoms with Gasteiger partial charge in [0.2, 0.25) is 5.91 Å². The average molecular weight is 277 g/mol. The van der Waals surface area contributed by atoms with E-state index in [4.69, 9.17) is 0 Å². The van der Waals surface area contributed by atoms with Crippen molar-refractivity contribution in [2.75, 3.05) is 5.75 Å². The summed E-state index contributed by atoms with van der Waals surface area (Å²) >= 11 is 1.86. The van der Waals surface area contributed by atoms with E-state index in [1.807, 2.05) is 18.7 Å². The van der Waals surface area contributed by atoms with Gasteiger partial charge in [0.1, 0.15) is 0 Å². The predicted octanol–water partition coefficient (Wildman–Crippen LogP) is 2.21. The van der Waals surface area contributed by atoms with Crippen molar-refractivity contribution in [1.29, 1.82) is 0 Å². The van der Waals surface area contributed by atoms with Crippen molar-refractivity contribution >= 4 is 17.7 Å². The minimum atomic E-state index is -0.564. The zero-order valence-corrected chi connectivity index (χ0v) is 11.9. The summed E-state index contributed by atoms with van der Waals surface area (Å²) in [6, 6.07) is 4.26. The van der Waals surface area contributed by atoms with Crippen molar-refractivity contribution in [1.82, 2.24) is 5.32 Å². The molecule has 2 N–H and O–H groups in total. The Morgan fingerprint density at radius 2 is 2.26 bits per heavy atom. The highest BCUT2D eigenvalue weighted by molar-refractivity contribution is 7.99. The van der Waals surface area contributed by atoms with Gasteiger partial charge >= 0.3 is 0 Å². The molecule has 0 bridgehead atoms. The molecule has 0 radical (unpaired) electrons. The molecule has 102 valence electrons. The molecule has 0 fully saturated rings. The molecule has 1 aromatic carbocycles. The standard InChI is InChI=1S/C15H19NO2S/c1-2-14(17)16-12-4-3-9-7-10-5-6-19-13(10)8-11(9)15(12)18/h7-8,12,15,18H,2-6H2,1H3,(H,16,17)/t12-,15-/m0/s1. The lowest BCUT2D eigenvalue weighted by atomic mass is 9.84. The summed E-state index contributed by atoms with van der Waals surface area (Å²) < 4.78 is 0. The second-order valence-corrected chi connectivity index (χ2v) is 6.41.